The number of halogens is 1. The standard InChI is InChI=1S/C29H37FN4O8/c1-28(2,17(36)10-32-3)34(6)11-13-9-16(35)19-14(21(13)30)7-12-8-15-22(33(4)5)24(38)20(27(31)41)26(40)29(15,42)25(39)18(12)23(19)37/h9,12,15,22,32,35,37,40,42H,7-8,10-11H2,1-6H3,(H2,31,41)/t12-,15-,22-,29?/m0/s1. The van der Waals surface area contributed by atoms with Gasteiger partial charge in [0, 0.05) is 29.2 Å². The Hall–Kier alpha value is -3.65. The molecule has 42 heavy (non-hydrogen) atoms. The molecule has 7 N–H and O–H groups in total. The van der Waals surface area contributed by atoms with Crippen molar-refractivity contribution in [3.8, 4) is 5.75 Å². The number of carbonyl (C=O) groups is 4. The molecule has 0 aromatic heterocycles. The number of fused-ring (bicyclic) bond motifs is 3. The third-order valence-corrected chi connectivity index (χ3v) is 9.11. The van der Waals surface area contributed by atoms with Crippen molar-refractivity contribution < 1.29 is 44.0 Å². The lowest BCUT2D eigenvalue weighted by atomic mass is 9.57. The highest BCUT2D eigenvalue weighted by Gasteiger charge is 2.64. The number of carbonyl (C=O) groups excluding carboxylic acids is 4. The normalized spacial score (nSPS) is 26.0. The minimum Gasteiger partial charge on any atom is -0.508 e. The van der Waals surface area contributed by atoms with E-state index in [0.717, 1.165) is 6.07 Å². The lowest BCUT2D eigenvalue weighted by Gasteiger charge is -2.50. The maximum Gasteiger partial charge on any atom is 0.255 e. The number of aliphatic hydroxyl groups excluding tert-OH is 2. The van der Waals surface area contributed by atoms with Crippen LogP contribution in [0.2, 0.25) is 0 Å². The van der Waals surface area contributed by atoms with Gasteiger partial charge in [0.25, 0.3) is 5.91 Å². The maximum absolute atomic E-state index is 16.1. The van der Waals surface area contributed by atoms with E-state index in [0.29, 0.717) is 0 Å². The number of primary amides is 1. The number of likely N-dealkylation sites (N-methyl/N-ethyl adjacent to an activating group) is 3. The Morgan fingerprint density at radius 2 is 1.81 bits per heavy atom. The summed E-state index contributed by atoms with van der Waals surface area (Å²) in [5, 5.41) is 47.5. The van der Waals surface area contributed by atoms with Crippen LogP contribution in [0.25, 0.3) is 5.76 Å². The molecule has 0 heterocycles. The van der Waals surface area contributed by atoms with Crippen molar-refractivity contribution in [2.24, 2.45) is 17.6 Å². The van der Waals surface area contributed by atoms with Gasteiger partial charge in [0.2, 0.25) is 5.78 Å². The number of Topliss-reactive ketones (excluding diaryl/α,β-unsaturated/α-hetero) is 3. The van der Waals surface area contributed by atoms with E-state index in [1.54, 1.807) is 32.8 Å². The number of rotatable bonds is 8. The molecule has 228 valence electrons. The predicted molar refractivity (Wildman–Crippen MR) is 149 cm³/mol. The van der Waals surface area contributed by atoms with Gasteiger partial charge in [-0.1, -0.05) is 0 Å². The quantitative estimate of drug-likeness (QED) is 0.226. The summed E-state index contributed by atoms with van der Waals surface area (Å²) in [6, 6.07) is -0.132. The molecular formula is C29H37FN4O8. The van der Waals surface area contributed by atoms with Crippen LogP contribution in [0.15, 0.2) is 23.0 Å². The number of aromatic hydroxyl groups is 1. The second kappa shape index (κ2) is 10.6. The van der Waals surface area contributed by atoms with Crippen LogP contribution >= 0.6 is 0 Å². The number of nitrogens with zero attached hydrogens (tertiary/aromatic N) is 2. The Kier molecular flexibility index (Phi) is 7.87. The molecule has 3 aliphatic rings. The van der Waals surface area contributed by atoms with Gasteiger partial charge in [0.05, 0.1) is 23.7 Å². The zero-order chi connectivity index (χ0) is 31.6. The molecular weight excluding hydrogens is 551 g/mol. The number of hydrogen-bond acceptors (Lipinski definition) is 11. The highest BCUT2D eigenvalue weighted by atomic mass is 19.1. The third-order valence-electron chi connectivity index (χ3n) is 9.11. The van der Waals surface area contributed by atoms with Crippen molar-refractivity contribution in [3.05, 3.63) is 45.5 Å². The van der Waals surface area contributed by atoms with Crippen LogP contribution in [0.5, 0.6) is 5.75 Å². The molecule has 0 bridgehead atoms. The smallest absolute Gasteiger partial charge is 0.255 e. The second-order valence-electron chi connectivity index (χ2n) is 12.1. The van der Waals surface area contributed by atoms with Crippen LogP contribution in [0, 0.1) is 17.7 Å². The number of aliphatic hydroxyl groups is 3. The van der Waals surface area contributed by atoms with Gasteiger partial charge < -0.3 is 31.5 Å². The zero-order valence-corrected chi connectivity index (χ0v) is 24.4. The number of benzene rings is 1. The highest BCUT2D eigenvalue weighted by Crippen LogP contribution is 2.53. The van der Waals surface area contributed by atoms with Crippen LogP contribution in [-0.4, -0.2) is 105 Å². The summed E-state index contributed by atoms with van der Waals surface area (Å²) >= 11 is 0. The number of amides is 1. The molecule has 0 saturated heterocycles. The number of phenols is 1. The molecule has 1 unspecified atom stereocenters. The van der Waals surface area contributed by atoms with E-state index in [1.807, 2.05) is 0 Å². The predicted octanol–water partition coefficient (Wildman–Crippen LogP) is 0.102. The van der Waals surface area contributed by atoms with E-state index in [2.05, 4.69) is 5.32 Å². The lowest BCUT2D eigenvalue weighted by Crippen LogP contribution is -2.65. The van der Waals surface area contributed by atoms with Crippen molar-refractivity contribution in [2.75, 3.05) is 34.7 Å². The topological polar surface area (TPSA) is 194 Å². The van der Waals surface area contributed by atoms with E-state index in [4.69, 9.17) is 5.73 Å². The van der Waals surface area contributed by atoms with Crippen molar-refractivity contribution in [3.63, 3.8) is 0 Å². The Labute approximate surface area is 242 Å². The SMILES string of the molecule is CNCC(=O)C(C)(C)N(C)Cc1cc(O)c2c(c1F)C[C@H]1C[C@H]3[C@H](N(C)C)C(=O)C(C(N)=O)=C(O)C3(O)C(=O)C1=C2O. The average Bonchev–Trinajstić information content (AvgIpc) is 2.88. The van der Waals surface area contributed by atoms with Crippen molar-refractivity contribution in [2.45, 2.75) is 50.4 Å². The van der Waals surface area contributed by atoms with Crippen LogP contribution in [0.4, 0.5) is 4.39 Å². The Balaban J connectivity index is 1.84. The van der Waals surface area contributed by atoms with Crippen molar-refractivity contribution in [1.82, 2.24) is 15.1 Å². The van der Waals surface area contributed by atoms with Gasteiger partial charge >= 0.3 is 0 Å². The first kappa shape index (κ1) is 31.3. The van der Waals surface area contributed by atoms with Gasteiger partial charge in [-0.2, -0.15) is 0 Å². The van der Waals surface area contributed by atoms with Crippen LogP contribution in [0.3, 0.4) is 0 Å². The summed E-state index contributed by atoms with van der Waals surface area (Å²) in [6.45, 7) is 3.42. The number of ketones is 3. The summed E-state index contributed by atoms with van der Waals surface area (Å²) in [4.78, 5) is 54.8. The molecule has 1 saturated carbocycles. The molecule has 13 heteroatoms. The molecule has 1 amide bonds. The molecule has 12 nitrogen and oxygen atoms in total. The molecule has 0 aliphatic heterocycles. The van der Waals surface area contributed by atoms with Crippen LogP contribution < -0.4 is 11.1 Å². The van der Waals surface area contributed by atoms with Gasteiger partial charge in [0.15, 0.2) is 17.2 Å². The molecule has 1 aromatic rings. The molecule has 0 spiro atoms. The third kappa shape index (κ3) is 4.42. The van der Waals surface area contributed by atoms with E-state index in [-0.39, 0.29) is 54.0 Å². The fourth-order valence-corrected chi connectivity index (χ4v) is 6.50. The Morgan fingerprint density at radius 1 is 1.19 bits per heavy atom. The summed E-state index contributed by atoms with van der Waals surface area (Å²) in [5.74, 6) is -8.90. The number of phenolic OH excluding ortho intramolecular Hbond substituents is 1. The van der Waals surface area contributed by atoms with Crippen molar-refractivity contribution >= 4 is 29.0 Å². The number of nitrogens with two attached hydrogens (primary N) is 1. The van der Waals surface area contributed by atoms with Gasteiger partial charge in [-0.15, -0.1) is 0 Å². The fraction of sp³-hybridized carbons (Fsp3) is 0.517. The molecule has 3 aliphatic carbocycles. The van der Waals surface area contributed by atoms with Gasteiger partial charge in [-0.3, -0.25) is 29.0 Å². The summed E-state index contributed by atoms with van der Waals surface area (Å²) in [7, 11) is 6.27. The molecule has 4 atom stereocenters. The van der Waals surface area contributed by atoms with Gasteiger partial charge in [0.1, 0.15) is 28.7 Å². The Morgan fingerprint density at radius 3 is 2.36 bits per heavy atom. The largest absolute Gasteiger partial charge is 0.508 e. The van der Waals surface area contributed by atoms with E-state index in [9.17, 15) is 39.6 Å². The summed E-state index contributed by atoms with van der Waals surface area (Å²) in [5.41, 5.74) is -0.0416. The molecule has 1 aromatic carbocycles. The molecule has 0 radical (unpaired) electrons. The second-order valence-corrected chi connectivity index (χ2v) is 12.1. The number of hydrogen-bond donors (Lipinski definition) is 6. The van der Waals surface area contributed by atoms with E-state index < -0.39 is 75.1 Å². The first-order valence-corrected chi connectivity index (χ1v) is 13.5. The highest BCUT2D eigenvalue weighted by molar-refractivity contribution is 6.24. The monoisotopic (exact) mass is 588 g/mol. The average molecular weight is 589 g/mol. The number of nitrogens with one attached hydrogen (secondary N) is 1. The minimum absolute atomic E-state index is 0.0552. The lowest BCUT2D eigenvalue weighted by molar-refractivity contribution is -0.153. The van der Waals surface area contributed by atoms with E-state index in [1.165, 1.54) is 19.0 Å². The van der Waals surface area contributed by atoms with Crippen molar-refractivity contribution in [1.29, 1.82) is 0 Å². The summed E-state index contributed by atoms with van der Waals surface area (Å²) in [6.07, 6.45) is -0.324. The Bertz CT molecular complexity index is 1470. The molecule has 1 fully saturated rings. The first-order chi connectivity index (χ1) is 19.4. The van der Waals surface area contributed by atoms with Crippen LogP contribution in [0.1, 0.15) is 37.0 Å². The van der Waals surface area contributed by atoms with Crippen LogP contribution in [-0.2, 0) is 32.1 Å². The van der Waals surface area contributed by atoms with E-state index >= 15 is 4.39 Å². The van der Waals surface area contributed by atoms with Gasteiger partial charge in [-0.05, 0) is 66.9 Å². The minimum atomic E-state index is -2.77. The zero-order valence-electron chi connectivity index (χ0n) is 24.4. The van der Waals surface area contributed by atoms with Gasteiger partial charge in [-0.25, -0.2) is 4.39 Å². The fourth-order valence-electron chi connectivity index (χ4n) is 6.50. The summed E-state index contributed by atoms with van der Waals surface area (Å²) < 4.78 is 16.1. The first-order valence-electron chi connectivity index (χ1n) is 13.5. The maximum atomic E-state index is 16.1. The molecule has 4 rings (SSSR count).